The number of nitrogens with zero attached hydrogens (tertiary/aromatic N) is 4. The van der Waals surface area contributed by atoms with Crippen LogP contribution in [0.4, 0.5) is 0 Å². The van der Waals surface area contributed by atoms with Crippen molar-refractivity contribution in [2.75, 3.05) is 6.54 Å². The molecule has 160 valence electrons. The first-order valence-electron chi connectivity index (χ1n) is 10.3. The minimum absolute atomic E-state index is 0. The minimum atomic E-state index is 0. The van der Waals surface area contributed by atoms with Gasteiger partial charge in [0, 0.05) is 37.2 Å². The molecule has 6 heteroatoms. The molecular formula is C25H27ClN4O. The molecule has 0 bridgehead atoms. The van der Waals surface area contributed by atoms with Crippen molar-refractivity contribution in [3.05, 3.63) is 89.5 Å². The number of pyridine rings is 2. The number of halogens is 1. The summed E-state index contributed by atoms with van der Waals surface area (Å²) in [5.41, 5.74) is 7.05. The van der Waals surface area contributed by atoms with E-state index in [2.05, 4.69) is 55.2 Å². The van der Waals surface area contributed by atoms with Crippen molar-refractivity contribution in [1.29, 1.82) is 0 Å². The Morgan fingerprint density at radius 1 is 1.06 bits per heavy atom. The maximum absolute atomic E-state index is 13.3. The van der Waals surface area contributed by atoms with Gasteiger partial charge >= 0.3 is 0 Å². The predicted octanol–water partition coefficient (Wildman–Crippen LogP) is 5.03. The van der Waals surface area contributed by atoms with Crippen LogP contribution in [0.25, 0.3) is 16.9 Å². The summed E-state index contributed by atoms with van der Waals surface area (Å²) in [5, 5.41) is 0. The summed E-state index contributed by atoms with van der Waals surface area (Å²) < 4.78 is 2.04. The van der Waals surface area contributed by atoms with E-state index in [0.717, 1.165) is 33.7 Å². The van der Waals surface area contributed by atoms with Crippen LogP contribution in [0, 0.1) is 13.8 Å². The lowest BCUT2D eigenvalue weighted by Crippen LogP contribution is -2.32. The molecule has 3 aromatic heterocycles. The fraction of sp³-hybridized carbons (Fsp3) is 0.240. The van der Waals surface area contributed by atoms with E-state index in [1.165, 1.54) is 5.56 Å². The van der Waals surface area contributed by atoms with Gasteiger partial charge in [-0.3, -0.25) is 9.78 Å². The highest BCUT2D eigenvalue weighted by Crippen LogP contribution is 2.26. The van der Waals surface area contributed by atoms with Crippen LogP contribution in [-0.4, -0.2) is 31.7 Å². The maximum atomic E-state index is 13.3. The highest BCUT2D eigenvalue weighted by molar-refractivity contribution is 5.85. The van der Waals surface area contributed by atoms with Crippen molar-refractivity contribution in [1.82, 2.24) is 19.3 Å². The van der Waals surface area contributed by atoms with Gasteiger partial charge in [0.15, 0.2) is 0 Å². The minimum Gasteiger partial charge on any atom is -0.338 e. The molecule has 4 rings (SSSR count). The Kier molecular flexibility index (Phi) is 7.08. The highest BCUT2D eigenvalue weighted by atomic mass is 35.5. The van der Waals surface area contributed by atoms with Crippen molar-refractivity contribution >= 4 is 24.0 Å². The van der Waals surface area contributed by atoms with E-state index >= 15 is 0 Å². The number of carbonyl (C=O) groups is 1. The average Bonchev–Trinajstić information content (AvgIpc) is 3.10. The molecule has 0 fully saturated rings. The van der Waals surface area contributed by atoms with E-state index in [9.17, 15) is 4.79 Å². The second-order valence-corrected chi connectivity index (χ2v) is 7.65. The molecule has 0 spiro atoms. The molecule has 0 atom stereocenters. The summed E-state index contributed by atoms with van der Waals surface area (Å²) in [6, 6.07) is 16.3. The normalized spacial score (nSPS) is 10.7. The number of aromatic nitrogens is 3. The zero-order valence-electron chi connectivity index (χ0n) is 18.1. The lowest BCUT2D eigenvalue weighted by molar-refractivity contribution is -0.130. The van der Waals surface area contributed by atoms with Crippen LogP contribution in [0.5, 0.6) is 0 Å². The highest BCUT2D eigenvalue weighted by Gasteiger charge is 2.20. The van der Waals surface area contributed by atoms with Gasteiger partial charge in [-0.2, -0.15) is 0 Å². The monoisotopic (exact) mass is 434 g/mol. The zero-order valence-corrected chi connectivity index (χ0v) is 18.9. The van der Waals surface area contributed by atoms with Gasteiger partial charge < -0.3 is 9.30 Å². The Hall–Kier alpha value is -3.18. The van der Waals surface area contributed by atoms with Gasteiger partial charge in [0.05, 0.1) is 17.8 Å². The number of hydrogen-bond donors (Lipinski definition) is 0. The third kappa shape index (κ3) is 4.94. The van der Waals surface area contributed by atoms with Crippen LogP contribution in [0.1, 0.15) is 29.3 Å². The van der Waals surface area contributed by atoms with Crippen molar-refractivity contribution < 1.29 is 4.79 Å². The lowest BCUT2D eigenvalue weighted by atomic mass is 10.1. The van der Waals surface area contributed by atoms with Gasteiger partial charge in [-0.25, -0.2) is 4.98 Å². The number of likely N-dealkylation sites (N-methyl/N-ethyl adjacent to an activating group) is 1. The van der Waals surface area contributed by atoms with Gasteiger partial charge in [-0.05, 0) is 50.1 Å². The van der Waals surface area contributed by atoms with Crippen LogP contribution < -0.4 is 0 Å². The number of hydrogen-bond acceptors (Lipinski definition) is 3. The fourth-order valence-corrected chi connectivity index (χ4v) is 3.65. The molecule has 0 N–H and O–H groups in total. The molecule has 5 nitrogen and oxygen atoms in total. The SMILES string of the molecule is CCN(Cc1cccnc1)C(=O)Cc1c(-c2ccc(C)cc2)nc2cc(C)ccn12.Cl. The smallest absolute Gasteiger partial charge is 0.228 e. The standard InChI is InChI=1S/C25H26N4O.ClH/c1-4-28(17-20-6-5-12-26-16-20)24(30)15-22-25(21-9-7-18(2)8-10-21)27-23-14-19(3)11-13-29(22)23;/h5-14,16H,4,15,17H2,1-3H3;1H. The van der Waals surface area contributed by atoms with E-state index < -0.39 is 0 Å². The number of carbonyl (C=O) groups excluding carboxylic acids is 1. The van der Waals surface area contributed by atoms with Gasteiger partial charge in [0.25, 0.3) is 0 Å². The summed E-state index contributed by atoms with van der Waals surface area (Å²) in [7, 11) is 0. The van der Waals surface area contributed by atoms with Crippen LogP contribution >= 0.6 is 12.4 Å². The Bertz CT molecular complexity index is 1170. The van der Waals surface area contributed by atoms with E-state index in [0.29, 0.717) is 19.5 Å². The molecular weight excluding hydrogens is 408 g/mol. The first kappa shape index (κ1) is 22.5. The summed E-state index contributed by atoms with van der Waals surface area (Å²) in [6.45, 7) is 7.33. The molecule has 0 unspecified atom stereocenters. The Balaban J connectivity index is 0.00000272. The third-order valence-electron chi connectivity index (χ3n) is 5.35. The van der Waals surface area contributed by atoms with E-state index in [1.54, 1.807) is 6.20 Å². The van der Waals surface area contributed by atoms with E-state index in [4.69, 9.17) is 4.98 Å². The molecule has 0 saturated carbocycles. The Morgan fingerprint density at radius 3 is 2.52 bits per heavy atom. The maximum Gasteiger partial charge on any atom is 0.228 e. The Morgan fingerprint density at radius 2 is 1.84 bits per heavy atom. The largest absolute Gasteiger partial charge is 0.338 e. The number of imidazole rings is 1. The second kappa shape index (κ2) is 9.75. The lowest BCUT2D eigenvalue weighted by Gasteiger charge is -2.21. The fourth-order valence-electron chi connectivity index (χ4n) is 3.65. The van der Waals surface area contributed by atoms with Crippen molar-refractivity contribution in [2.24, 2.45) is 0 Å². The summed E-state index contributed by atoms with van der Waals surface area (Å²) in [6.07, 6.45) is 5.86. The summed E-state index contributed by atoms with van der Waals surface area (Å²) >= 11 is 0. The van der Waals surface area contributed by atoms with E-state index in [1.807, 2.05) is 40.8 Å². The number of aryl methyl sites for hydroxylation is 2. The third-order valence-corrected chi connectivity index (χ3v) is 5.35. The topological polar surface area (TPSA) is 50.5 Å². The Labute approximate surface area is 189 Å². The average molecular weight is 435 g/mol. The van der Waals surface area contributed by atoms with Gasteiger partial charge in [-0.1, -0.05) is 35.9 Å². The molecule has 31 heavy (non-hydrogen) atoms. The second-order valence-electron chi connectivity index (χ2n) is 7.65. The van der Waals surface area contributed by atoms with Crippen LogP contribution in [-0.2, 0) is 17.8 Å². The van der Waals surface area contributed by atoms with Gasteiger partial charge in [0.1, 0.15) is 5.65 Å². The van der Waals surface area contributed by atoms with Crippen molar-refractivity contribution in [3.8, 4) is 11.3 Å². The van der Waals surface area contributed by atoms with E-state index in [-0.39, 0.29) is 18.3 Å². The summed E-state index contributed by atoms with van der Waals surface area (Å²) in [5.74, 6) is 0.0806. The van der Waals surface area contributed by atoms with Crippen LogP contribution in [0.15, 0.2) is 67.1 Å². The quantitative estimate of drug-likeness (QED) is 0.427. The molecule has 0 aliphatic rings. The van der Waals surface area contributed by atoms with Crippen molar-refractivity contribution in [2.45, 2.75) is 33.7 Å². The van der Waals surface area contributed by atoms with Crippen molar-refractivity contribution in [3.63, 3.8) is 0 Å². The molecule has 0 radical (unpaired) electrons. The molecule has 0 aliphatic heterocycles. The predicted molar refractivity (Wildman–Crippen MR) is 126 cm³/mol. The number of fused-ring (bicyclic) bond motifs is 1. The molecule has 3 heterocycles. The van der Waals surface area contributed by atoms with Gasteiger partial charge in [-0.15, -0.1) is 12.4 Å². The first-order chi connectivity index (χ1) is 14.5. The zero-order chi connectivity index (χ0) is 21.1. The number of rotatable bonds is 6. The molecule has 0 saturated heterocycles. The molecule has 1 amide bonds. The summed E-state index contributed by atoms with van der Waals surface area (Å²) in [4.78, 5) is 24.2. The molecule has 1 aromatic carbocycles. The molecule has 4 aromatic rings. The number of benzene rings is 1. The molecule has 0 aliphatic carbocycles. The first-order valence-corrected chi connectivity index (χ1v) is 10.3. The number of amides is 1. The van der Waals surface area contributed by atoms with Gasteiger partial charge in [0.2, 0.25) is 5.91 Å². The van der Waals surface area contributed by atoms with Crippen LogP contribution in [0.2, 0.25) is 0 Å². The van der Waals surface area contributed by atoms with Crippen LogP contribution in [0.3, 0.4) is 0 Å².